The number of para-hydroxylation sites is 1. The molecule has 1 heterocycles. The Bertz CT molecular complexity index is 459. The van der Waals surface area contributed by atoms with Crippen molar-refractivity contribution in [3.05, 3.63) is 24.3 Å². The Kier molecular flexibility index (Phi) is 4.55. The number of thiazole rings is 1. The molecule has 0 saturated carbocycles. The van der Waals surface area contributed by atoms with E-state index in [9.17, 15) is 0 Å². The highest BCUT2D eigenvalue weighted by Crippen LogP contribution is 2.28. The largest absolute Gasteiger partial charge is 0.347 e. The van der Waals surface area contributed by atoms with Gasteiger partial charge in [-0.3, -0.25) is 0 Å². The Morgan fingerprint density at radius 3 is 2.78 bits per heavy atom. The van der Waals surface area contributed by atoms with Gasteiger partial charge in [0.1, 0.15) is 0 Å². The normalized spacial score (nSPS) is 11.3. The molecule has 1 aromatic carbocycles. The first-order valence-corrected chi connectivity index (χ1v) is 7.36. The fourth-order valence-electron chi connectivity index (χ4n) is 1.87. The molecular formula is C14H21N3S. The van der Waals surface area contributed by atoms with Gasteiger partial charge < -0.3 is 10.2 Å². The minimum absolute atomic E-state index is 0.541. The molecule has 98 valence electrons. The molecule has 18 heavy (non-hydrogen) atoms. The number of anilines is 1. The molecule has 0 amide bonds. The van der Waals surface area contributed by atoms with Crippen LogP contribution in [0.4, 0.5) is 5.13 Å². The van der Waals surface area contributed by atoms with Crippen LogP contribution in [-0.4, -0.2) is 30.7 Å². The van der Waals surface area contributed by atoms with E-state index in [0.29, 0.717) is 6.04 Å². The first kappa shape index (κ1) is 13.3. The molecule has 1 N–H and O–H groups in total. The van der Waals surface area contributed by atoms with E-state index < -0.39 is 0 Å². The summed E-state index contributed by atoms with van der Waals surface area (Å²) in [5.41, 5.74) is 1.10. The second-order valence-electron chi connectivity index (χ2n) is 4.65. The summed E-state index contributed by atoms with van der Waals surface area (Å²) in [6, 6.07) is 8.87. The third-order valence-electron chi connectivity index (χ3n) is 2.87. The van der Waals surface area contributed by atoms with Crippen LogP contribution < -0.4 is 10.2 Å². The second kappa shape index (κ2) is 6.16. The molecule has 0 spiro atoms. The van der Waals surface area contributed by atoms with E-state index in [0.717, 1.165) is 30.3 Å². The second-order valence-corrected chi connectivity index (χ2v) is 5.66. The van der Waals surface area contributed by atoms with Gasteiger partial charge in [0.15, 0.2) is 5.13 Å². The fourth-order valence-corrected chi connectivity index (χ4v) is 2.93. The summed E-state index contributed by atoms with van der Waals surface area (Å²) in [6.45, 7) is 9.54. The monoisotopic (exact) mass is 263 g/mol. The van der Waals surface area contributed by atoms with Crippen LogP contribution in [0.15, 0.2) is 24.3 Å². The zero-order valence-electron chi connectivity index (χ0n) is 11.3. The van der Waals surface area contributed by atoms with Crippen molar-refractivity contribution in [3.8, 4) is 0 Å². The van der Waals surface area contributed by atoms with Gasteiger partial charge in [-0.05, 0) is 19.1 Å². The molecule has 2 rings (SSSR count). The van der Waals surface area contributed by atoms with Gasteiger partial charge in [-0.25, -0.2) is 4.98 Å². The molecule has 0 aliphatic carbocycles. The molecule has 0 radical (unpaired) electrons. The number of rotatable bonds is 6. The van der Waals surface area contributed by atoms with Gasteiger partial charge in [0, 0.05) is 25.7 Å². The van der Waals surface area contributed by atoms with Crippen molar-refractivity contribution in [2.75, 3.05) is 24.5 Å². The maximum absolute atomic E-state index is 4.70. The smallest absolute Gasteiger partial charge is 0.186 e. The molecule has 0 bridgehead atoms. The van der Waals surface area contributed by atoms with E-state index in [1.807, 2.05) is 6.07 Å². The number of fused-ring (bicyclic) bond motifs is 1. The molecule has 2 aromatic rings. The Labute approximate surface area is 113 Å². The number of likely N-dealkylation sites (N-methyl/N-ethyl adjacent to an activating group) is 1. The molecular weight excluding hydrogens is 242 g/mol. The van der Waals surface area contributed by atoms with Crippen LogP contribution in [-0.2, 0) is 0 Å². The number of hydrogen-bond donors (Lipinski definition) is 1. The molecule has 0 aliphatic rings. The lowest BCUT2D eigenvalue weighted by Gasteiger charge is -2.20. The first-order chi connectivity index (χ1) is 8.70. The van der Waals surface area contributed by atoms with Crippen LogP contribution in [0.2, 0.25) is 0 Å². The summed E-state index contributed by atoms with van der Waals surface area (Å²) < 4.78 is 1.27. The lowest BCUT2D eigenvalue weighted by atomic mass is 10.3. The van der Waals surface area contributed by atoms with Crippen LogP contribution in [0.25, 0.3) is 10.2 Å². The summed E-state index contributed by atoms with van der Waals surface area (Å²) in [5, 5.41) is 4.58. The van der Waals surface area contributed by atoms with Crippen LogP contribution in [0.5, 0.6) is 0 Å². The Hall–Kier alpha value is -1.13. The summed E-state index contributed by atoms with van der Waals surface area (Å²) in [7, 11) is 0. The van der Waals surface area contributed by atoms with Crippen molar-refractivity contribution < 1.29 is 0 Å². The molecule has 0 fully saturated rings. The lowest BCUT2D eigenvalue weighted by molar-refractivity contribution is 0.583. The predicted molar refractivity (Wildman–Crippen MR) is 80.6 cm³/mol. The van der Waals surface area contributed by atoms with Crippen LogP contribution in [0, 0.1) is 0 Å². The topological polar surface area (TPSA) is 28.2 Å². The Morgan fingerprint density at radius 1 is 1.33 bits per heavy atom. The number of nitrogens with zero attached hydrogens (tertiary/aromatic N) is 2. The highest BCUT2D eigenvalue weighted by molar-refractivity contribution is 7.22. The predicted octanol–water partition coefficient (Wildman–Crippen LogP) is 3.12. The number of hydrogen-bond acceptors (Lipinski definition) is 4. The van der Waals surface area contributed by atoms with Crippen molar-refractivity contribution in [1.29, 1.82) is 0 Å². The van der Waals surface area contributed by atoms with Gasteiger partial charge in [-0.1, -0.05) is 37.3 Å². The average molecular weight is 263 g/mol. The number of nitrogens with one attached hydrogen (secondary N) is 1. The standard InChI is InChI=1S/C14H21N3S/c1-4-17(10-9-15-11(2)3)14-16-12-7-5-6-8-13(12)18-14/h5-8,11,15H,4,9-10H2,1-3H3. The summed E-state index contributed by atoms with van der Waals surface area (Å²) in [6.07, 6.45) is 0. The third-order valence-corrected chi connectivity index (χ3v) is 3.97. The van der Waals surface area contributed by atoms with Gasteiger partial charge in [0.25, 0.3) is 0 Å². The van der Waals surface area contributed by atoms with E-state index in [-0.39, 0.29) is 0 Å². The molecule has 4 heteroatoms. The zero-order chi connectivity index (χ0) is 13.0. The van der Waals surface area contributed by atoms with Crippen molar-refractivity contribution in [2.24, 2.45) is 0 Å². The molecule has 0 aliphatic heterocycles. The number of benzene rings is 1. The van der Waals surface area contributed by atoms with Gasteiger partial charge >= 0.3 is 0 Å². The van der Waals surface area contributed by atoms with Crippen LogP contribution >= 0.6 is 11.3 Å². The van der Waals surface area contributed by atoms with Crippen LogP contribution in [0.3, 0.4) is 0 Å². The van der Waals surface area contributed by atoms with Crippen molar-refractivity contribution >= 4 is 26.7 Å². The summed E-state index contributed by atoms with van der Waals surface area (Å²) in [5.74, 6) is 0. The fraction of sp³-hybridized carbons (Fsp3) is 0.500. The van der Waals surface area contributed by atoms with E-state index in [1.165, 1.54) is 4.70 Å². The molecule has 1 aromatic heterocycles. The van der Waals surface area contributed by atoms with Gasteiger partial charge in [-0.2, -0.15) is 0 Å². The number of aromatic nitrogens is 1. The van der Waals surface area contributed by atoms with E-state index in [4.69, 9.17) is 4.98 Å². The van der Waals surface area contributed by atoms with E-state index in [2.05, 4.69) is 49.2 Å². The minimum Gasteiger partial charge on any atom is -0.347 e. The maximum Gasteiger partial charge on any atom is 0.186 e. The van der Waals surface area contributed by atoms with Gasteiger partial charge in [-0.15, -0.1) is 0 Å². The van der Waals surface area contributed by atoms with Crippen molar-refractivity contribution in [1.82, 2.24) is 10.3 Å². The molecule has 0 unspecified atom stereocenters. The molecule has 0 atom stereocenters. The average Bonchev–Trinajstić information content (AvgIpc) is 2.77. The van der Waals surface area contributed by atoms with Crippen molar-refractivity contribution in [2.45, 2.75) is 26.8 Å². The van der Waals surface area contributed by atoms with Crippen molar-refractivity contribution in [3.63, 3.8) is 0 Å². The Balaban J connectivity index is 2.07. The highest BCUT2D eigenvalue weighted by Gasteiger charge is 2.09. The highest BCUT2D eigenvalue weighted by atomic mass is 32.1. The maximum atomic E-state index is 4.70. The van der Waals surface area contributed by atoms with Crippen LogP contribution in [0.1, 0.15) is 20.8 Å². The summed E-state index contributed by atoms with van der Waals surface area (Å²) >= 11 is 1.78. The first-order valence-electron chi connectivity index (χ1n) is 6.54. The zero-order valence-corrected chi connectivity index (χ0v) is 12.1. The lowest BCUT2D eigenvalue weighted by Crippen LogP contribution is -2.34. The van der Waals surface area contributed by atoms with Gasteiger partial charge in [0.2, 0.25) is 0 Å². The SMILES string of the molecule is CCN(CCNC(C)C)c1nc2ccccc2s1. The van der Waals surface area contributed by atoms with E-state index in [1.54, 1.807) is 11.3 Å². The third kappa shape index (κ3) is 3.21. The quantitative estimate of drug-likeness (QED) is 0.868. The van der Waals surface area contributed by atoms with Gasteiger partial charge in [0.05, 0.1) is 10.2 Å². The molecule has 3 nitrogen and oxygen atoms in total. The molecule has 0 saturated heterocycles. The Morgan fingerprint density at radius 2 is 2.11 bits per heavy atom. The minimum atomic E-state index is 0.541. The van der Waals surface area contributed by atoms with E-state index >= 15 is 0 Å². The summed E-state index contributed by atoms with van der Waals surface area (Å²) in [4.78, 5) is 7.03.